The second kappa shape index (κ2) is 6.21. The van der Waals surface area contributed by atoms with Crippen molar-refractivity contribution >= 4 is 0 Å². The standard InChI is InChI=1S/C11H13N.C2H6/c1-8(2)10-5-4-9(3)11(6-10)7-12;1-2/h4-6,8H,1-3H3;1-2H3. The summed E-state index contributed by atoms with van der Waals surface area (Å²) in [5.74, 6) is 0.498. The maximum atomic E-state index is 8.77. The van der Waals surface area contributed by atoms with Crippen LogP contribution in [-0.4, -0.2) is 0 Å². The van der Waals surface area contributed by atoms with Gasteiger partial charge in [-0.2, -0.15) is 5.26 Å². The van der Waals surface area contributed by atoms with Crippen LogP contribution in [0.25, 0.3) is 0 Å². The zero-order valence-corrected chi connectivity index (χ0v) is 9.76. The lowest BCUT2D eigenvalue weighted by Gasteiger charge is -2.06. The molecule has 1 aromatic rings. The molecular weight excluding hydrogens is 170 g/mol. The number of aryl methyl sites for hydroxylation is 1. The van der Waals surface area contributed by atoms with Gasteiger partial charge in [0.15, 0.2) is 0 Å². The Morgan fingerprint density at radius 1 is 1.21 bits per heavy atom. The minimum Gasteiger partial charge on any atom is -0.192 e. The molecule has 0 amide bonds. The van der Waals surface area contributed by atoms with E-state index in [1.54, 1.807) is 0 Å². The fourth-order valence-electron chi connectivity index (χ4n) is 1.12. The molecule has 0 aromatic heterocycles. The molecule has 14 heavy (non-hydrogen) atoms. The third-order valence-corrected chi connectivity index (χ3v) is 2.05. The number of nitrogens with zero attached hydrogens (tertiary/aromatic N) is 1. The molecule has 0 bridgehead atoms. The molecule has 1 heteroatoms. The van der Waals surface area contributed by atoms with Gasteiger partial charge >= 0.3 is 0 Å². The Morgan fingerprint density at radius 3 is 2.21 bits per heavy atom. The molecule has 0 radical (unpaired) electrons. The van der Waals surface area contributed by atoms with Gasteiger partial charge in [0.25, 0.3) is 0 Å². The van der Waals surface area contributed by atoms with Gasteiger partial charge in [0.2, 0.25) is 0 Å². The highest BCUT2D eigenvalue weighted by Crippen LogP contribution is 2.17. The molecule has 0 aliphatic carbocycles. The zero-order chi connectivity index (χ0) is 11.1. The van der Waals surface area contributed by atoms with Crippen molar-refractivity contribution in [2.24, 2.45) is 0 Å². The van der Waals surface area contributed by atoms with Gasteiger partial charge in [-0.3, -0.25) is 0 Å². The molecule has 1 aromatic carbocycles. The van der Waals surface area contributed by atoms with E-state index in [0.29, 0.717) is 5.92 Å². The third-order valence-electron chi connectivity index (χ3n) is 2.05. The van der Waals surface area contributed by atoms with Crippen LogP contribution in [0.5, 0.6) is 0 Å². The number of hydrogen-bond donors (Lipinski definition) is 0. The number of hydrogen-bond acceptors (Lipinski definition) is 1. The van der Waals surface area contributed by atoms with Crippen LogP contribution in [0.1, 0.15) is 50.3 Å². The van der Waals surface area contributed by atoms with Crippen LogP contribution < -0.4 is 0 Å². The molecule has 0 atom stereocenters. The average Bonchev–Trinajstić information content (AvgIpc) is 2.21. The number of rotatable bonds is 1. The Kier molecular flexibility index (Phi) is 5.64. The fourth-order valence-corrected chi connectivity index (χ4v) is 1.12. The quantitative estimate of drug-likeness (QED) is 0.654. The van der Waals surface area contributed by atoms with Crippen LogP contribution in [0.2, 0.25) is 0 Å². The summed E-state index contributed by atoms with van der Waals surface area (Å²) in [6, 6.07) is 8.25. The smallest absolute Gasteiger partial charge is 0.0994 e. The summed E-state index contributed by atoms with van der Waals surface area (Å²) in [6.07, 6.45) is 0. The molecule has 0 fully saturated rings. The molecule has 0 aliphatic rings. The van der Waals surface area contributed by atoms with E-state index in [-0.39, 0.29) is 0 Å². The van der Waals surface area contributed by atoms with E-state index in [1.807, 2.05) is 32.9 Å². The topological polar surface area (TPSA) is 23.8 Å². The van der Waals surface area contributed by atoms with E-state index in [4.69, 9.17) is 5.26 Å². The normalized spacial score (nSPS) is 8.93. The Balaban J connectivity index is 0.000000791. The van der Waals surface area contributed by atoms with Crippen LogP contribution >= 0.6 is 0 Å². The van der Waals surface area contributed by atoms with Crippen LogP contribution in [0.3, 0.4) is 0 Å². The molecule has 0 N–H and O–H groups in total. The highest BCUT2D eigenvalue weighted by Gasteiger charge is 2.01. The first-order valence-corrected chi connectivity index (χ1v) is 5.16. The van der Waals surface area contributed by atoms with Crippen molar-refractivity contribution < 1.29 is 0 Å². The molecule has 0 saturated carbocycles. The maximum absolute atomic E-state index is 8.77. The van der Waals surface area contributed by atoms with Gasteiger partial charge < -0.3 is 0 Å². The minimum atomic E-state index is 0.498. The average molecular weight is 189 g/mol. The van der Waals surface area contributed by atoms with Gasteiger partial charge in [0.1, 0.15) is 0 Å². The lowest BCUT2D eigenvalue weighted by Crippen LogP contribution is -1.90. The molecule has 0 aliphatic heterocycles. The van der Waals surface area contributed by atoms with Crippen LogP contribution in [0.4, 0.5) is 0 Å². The summed E-state index contributed by atoms with van der Waals surface area (Å²) in [5, 5.41) is 8.77. The summed E-state index contributed by atoms with van der Waals surface area (Å²) >= 11 is 0. The van der Waals surface area contributed by atoms with Crippen molar-refractivity contribution in [3.05, 3.63) is 34.9 Å². The molecule has 0 heterocycles. The molecule has 1 rings (SSSR count). The Bertz CT molecular complexity index is 318. The first kappa shape index (κ1) is 12.7. The second-order valence-corrected chi connectivity index (χ2v) is 3.34. The monoisotopic (exact) mass is 189 g/mol. The SMILES string of the molecule is CC.Cc1ccc(C(C)C)cc1C#N. The zero-order valence-electron chi connectivity index (χ0n) is 9.76. The second-order valence-electron chi connectivity index (χ2n) is 3.34. The van der Waals surface area contributed by atoms with Crippen LogP contribution in [0.15, 0.2) is 18.2 Å². The first-order chi connectivity index (χ1) is 6.65. The first-order valence-electron chi connectivity index (χ1n) is 5.16. The fraction of sp³-hybridized carbons (Fsp3) is 0.462. The highest BCUT2D eigenvalue weighted by molar-refractivity contribution is 5.40. The largest absolute Gasteiger partial charge is 0.192 e. The van der Waals surface area contributed by atoms with Crippen molar-refractivity contribution in [3.8, 4) is 6.07 Å². The van der Waals surface area contributed by atoms with Crippen molar-refractivity contribution in [1.29, 1.82) is 5.26 Å². The molecule has 0 unspecified atom stereocenters. The lowest BCUT2D eigenvalue weighted by atomic mass is 9.98. The van der Waals surface area contributed by atoms with Crippen LogP contribution in [0, 0.1) is 18.3 Å². The van der Waals surface area contributed by atoms with Gasteiger partial charge in [-0.25, -0.2) is 0 Å². The minimum absolute atomic E-state index is 0.498. The third kappa shape index (κ3) is 3.22. The predicted molar refractivity (Wildman–Crippen MR) is 61.3 cm³/mol. The Hall–Kier alpha value is -1.29. The van der Waals surface area contributed by atoms with Gasteiger partial charge in [-0.05, 0) is 30.0 Å². The molecule has 1 nitrogen and oxygen atoms in total. The van der Waals surface area contributed by atoms with E-state index in [2.05, 4.69) is 26.0 Å². The van der Waals surface area contributed by atoms with Gasteiger partial charge in [-0.1, -0.05) is 39.8 Å². The van der Waals surface area contributed by atoms with E-state index in [0.717, 1.165) is 11.1 Å². The van der Waals surface area contributed by atoms with Crippen LogP contribution in [-0.2, 0) is 0 Å². The van der Waals surface area contributed by atoms with Gasteiger partial charge in [0, 0.05) is 0 Å². The summed E-state index contributed by atoms with van der Waals surface area (Å²) in [7, 11) is 0. The van der Waals surface area contributed by atoms with Gasteiger partial charge in [0.05, 0.1) is 11.6 Å². The maximum Gasteiger partial charge on any atom is 0.0994 e. The summed E-state index contributed by atoms with van der Waals surface area (Å²) in [4.78, 5) is 0. The Morgan fingerprint density at radius 2 is 1.79 bits per heavy atom. The van der Waals surface area contributed by atoms with Gasteiger partial charge in [-0.15, -0.1) is 0 Å². The summed E-state index contributed by atoms with van der Waals surface area (Å²) in [6.45, 7) is 10.2. The molecule has 0 saturated heterocycles. The van der Waals surface area contributed by atoms with Crippen molar-refractivity contribution in [2.45, 2.75) is 40.5 Å². The molecule has 0 spiro atoms. The van der Waals surface area contributed by atoms with Crippen molar-refractivity contribution in [3.63, 3.8) is 0 Å². The van der Waals surface area contributed by atoms with E-state index >= 15 is 0 Å². The number of benzene rings is 1. The summed E-state index contributed by atoms with van der Waals surface area (Å²) in [5.41, 5.74) is 3.08. The van der Waals surface area contributed by atoms with E-state index in [1.165, 1.54) is 5.56 Å². The highest BCUT2D eigenvalue weighted by atomic mass is 14.2. The summed E-state index contributed by atoms with van der Waals surface area (Å²) < 4.78 is 0. The van der Waals surface area contributed by atoms with Crippen molar-refractivity contribution in [2.75, 3.05) is 0 Å². The van der Waals surface area contributed by atoms with E-state index in [9.17, 15) is 0 Å². The van der Waals surface area contributed by atoms with E-state index < -0.39 is 0 Å². The number of nitriles is 1. The molecular formula is C13H19N. The van der Waals surface area contributed by atoms with Crippen molar-refractivity contribution in [1.82, 2.24) is 0 Å². The lowest BCUT2D eigenvalue weighted by molar-refractivity contribution is 0.865. The Labute approximate surface area is 87.4 Å². The predicted octanol–water partition coefficient (Wildman–Crippen LogP) is 4.02. The molecule has 76 valence electrons.